The van der Waals surface area contributed by atoms with Crippen molar-refractivity contribution >= 4 is 5.97 Å². The molecular weight excluding hydrogens is 234 g/mol. The van der Waals surface area contributed by atoms with Crippen molar-refractivity contribution in [2.75, 3.05) is 13.2 Å². The highest BCUT2D eigenvalue weighted by Gasteiger charge is 2.08. The summed E-state index contributed by atoms with van der Waals surface area (Å²) in [7, 11) is 0. The number of benzene rings is 1. The first-order chi connectivity index (χ1) is 8.52. The topological polar surface area (TPSA) is 78.8 Å². The van der Waals surface area contributed by atoms with E-state index in [-0.39, 0.29) is 23.5 Å². The first kappa shape index (κ1) is 14.3. The Bertz CT molecular complexity index is 386. The Labute approximate surface area is 106 Å². The van der Waals surface area contributed by atoms with Crippen molar-refractivity contribution in [1.29, 1.82) is 0 Å². The van der Waals surface area contributed by atoms with E-state index in [9.17, 15) is 15.0 Å². The van der Waals surface area contributed by atoms with Crippen LogP contribution in [0, 0.1) is 0 Å². The zero-order valence-electron chi connectivity index (χ0n) is 10.6. The summed E-state index contributed by atoms with van der Waals surface area (Å²) in [6.45, 7) is 4.52. The van der Waals surface area contributed by atoms with Crippen molar-refractivity contribution in [3.05, 3.63) is 23.8 Å². The Balaban J connectivity index is 2.45. The molecule has 0 saturated carbocycles. The SMILES string of the molecule is CCOC(=O)CCNC(C)c1cc(O)cc(O)c1. The predicted molar refractivity (Wildman–Crippen MR) is 67.4 cm³/mol. The normalized spacial score (nSPS) is 12.1. The molecule has 5 nitrogen and oxygen atoms in total. The standard InChI is InChI=1S/C13H19NO4/c1-3-18-13(17)4-5-14-9(2)10-6-11(15)8-12(16)7-10/h6-9,14-16H,3-5H2,1-2H3. The fourth-order valence-electron chi connectivity index (χ4n) is 1.61. The molecule has 0 fully saturated rings. The Hall–Kier alpha value is -1.75. The van der Waals surface area contributed by atoms with Crippen LogP contribution in [0.5, 0.6) is 11.5 Å². The molecule has 0 radical (unpaired) electrons. The van der Waals surface area contributed by atoms with Gasteiger partial charge in [0.15, 0.2) is 0 Å². The van der Waals surface area contributed by atoms with Crippen molar-refractivity contribution in [2.45, 2.75) is 26.3 Å². The van der Waals surface area contributed by atoms with Gasteiger partial charge in [-0.05, 0) is 31.5 Å². The summed E-state index contributed by atoms with van der Waals surface area (Å²) in [4.78, 5) is 11.1. The van der Waals surface area contributed by atoms with E-state index < -0.39 is 0 Å². The Morgan fingerprint density at radius 1 is 1.33 bits per heavy atom. The summed E-state index contributed by atoms with van der Waals surface area (Å²) in [5, 5.41) is 21.8. The van der Waals surface area contributed by atoms with Crippen LogP contribution in [0.1, 0.15) is 31.9 Å². The zero-order valence-corrected chi connectivity index (χ0v) is 10.6. The highest BCUT2D eigenvalue weighted by Crippen LogP contribution is 2.24. The molecule has 0 bridgehead atoms. The molecule has 100 valence electrons. The van der Waals surface area contributed by atoms with Gasteiger partial charge in [-0.15, -0.1) is 0 Å². The summed E-state index contributed by atoms with van der Waals surface area (Å²) in [6.07, 6.45) is 0.295. The number of hydrogen-bond acceptors (Lipinski definition) is 5. The van der Waals surface area contributed by atoms with Crippen LogP contribution < -0.4 is 5.32 Å². The van der Waals surface area contributed by atoms with E-state index >= 15 is 0 Å². The second kappa shape index (κ2) is 6.86. The Morgan fingerprint density at radius 2 is 1.94 bits per heavy atom. The van der Waals surface area contributed by atoms with Gasteiger partial charge in [0, 0.05) is 18.7 Å². The summed E-state index contributed by atoms with van der Waals surface area (Å²) >= 11 is 0. The number of nitrogens with one attached hydrogen (secondary N) is 1. The molecule has 1 aromatic rings. The number of aromatic hydroxyl groups is 2. The summed E-state index contributed by atoms with van der Waals surface area (Å²) in [5.41, 5.74) is 0.761. The number of phenolic OH excluding ortho intramolecular Hbond substituents is 2. The molecule has 1 unspecified atom stereocenters. The van der Waals surface area contributed by atoms with Crippen LogP contribution in [-0.4, -0.2) is 29.3 Å². The van der Waals surface area contributed by atoms with E-state index in [4.69, 9.17) is 4.74 Å². The summed E-state index contributed by atoms with van der Waals surface area (Å²) in [5.74, 6) is -0.205. The number of hydrogen-bond donors (Lipinski definition) is 3. The van der Waals surface area contributed by atoms with Gasteiger partial charge in [-0.1, -0.05) is 0 Å². The minimum atomic E-state index is -0.240. The van der Waals surface area contributed by atoms with E-state index in [1.165, 1.54) is 6.07 Å². The van der Waals surface area contributed by atoms with Gasteiger partial charge >= 0.3 is 5.97 Å². The lowest BCUT2D eigenvalue weighted by molar-refractivity contribution is -0.143. The molecule has 0 aromatic heterocycles. The molecule has 5 heteroatoms. The van der Waals surface area contributed by atoms with Gasteiger partial charge in [0.1, 0.15) is 11.5 Å². The third-order valence-corrected chi connectivity index (χ3v) is 2.51. The number of rotatable bonds is 6. The van der Waals surface area contributed by atoms with Crippen molar-refractivity contribution in [2.24, 2.45) is 0 Å². The maximum absolute atomic E-state index is 11.1. The molecule has 0 aliphatic rings. The van der Waals surface area contributed by atoms with Gasteiger partial charge in [0.05, 0.1) is 13.0 Å². The molecule has 0 spiro atoms. The summed E-state index contributed by atoms with van der Waals surface area (Å²) < 4.78 is 4.81. The van der Waals surface area contributed by atoms with E-state index in [2.05, 4.69) is 5.32 Å². The van der Waals surface area contributed by atoms with Crippen molar-refractivity contribution < 1.29 is 19.7 Å². The quantitative estimate of drug-likeness (QED) is 0.672. The van der Waals surface area contributed by atoms with E-state index in [1.54, 1.807) is 19.1 Å². The van der Waals surface area contributed by atoms with Crippen LogP contribution in [0.4, 0.5) is 0 Å². The van der Waals surface area contributed by atoms with Crippen LogP contribution >= 0.6 is 0 Å². The number of esters is 1. The third kappa shape index (κ3) is 4.63. The Morgan fingerprint density at radius 3 is 2.50 bits per heavy atom. The number of ether oxygens (including phenoxy) is 1. The van der Waals surface area contributed by atoms with Crippen LogP contribution in [-0.2, 0) is 9.53 Å². The number of phenols is 2. The van der Waals surface area contributed by atoms with Gasteiger partial charge in [-0.2, -0.15) is 0 Å². The second-order valence-corrected chi connectivity index (χ2v) is 4.01. The largest absolute Gasteiger partial charge is 0.508 e. The molecule has 0 amide bonds. The molecule has 18 heavy (non-hydrogen) atoms. The van der Waals surface area contributed by atoms with E-state index in [0.717, 1.165) is 5.56 Å². The molecule has 0 aliphatic heterocycles. The maximum Gasteiger partial charge on any atom is 0.307 e. The zero-order chi connectivity index (χ0) is 13.5. The average Bonchev–Trinajstić information content (AvgIpc) is 2.27. The van der Waals surface area contributed by atoms with Crippen molar-refractivity contribution in [1.82, 2.24) is 5.32 Å². The Kier molecular flexibility index (Phi) is 5.45. The molecule has 0 heterocycles. The van der Waals surface area contributed by atoms with Crippen LogP contribution in [0.25, 0.3) is 0 Å². The first-order valence-electron chi connectivity index (χ1n) is 5.95. The first-order valence-corrected chi connectivity index (χ1v) is 5.95. The molecule has 0 aliphatic carbocycles. The van der Waals surface area contributed by atoms with Gasteiger partial charge in [-0.3, -0.25) is 4.79 Å². The fourth-order valence-corrected chi connectivity index (χ4v) is 1.61. The predicted octanol–water partition coefficient (Wildman–Crippen LogP) is 1.70. The van der Waals surface area contributed by atoms with E-state index in [1.807, 2.05) is 6.92 Å². The second-order valence-electron chi connectivity index (χ2n) is 4.01. The molecular formula is C13H19NO4. The van der Waals surface area contributed by atoms with E-state index in [0.29, 0.717) is 19.6 Å². The van der Waals surface area contributed by atoms with Crippen molar-refractivity contribution in [3.8, 4) is 11.5 Å². The van der Waals surface area contributed by atoms with Crippen LogP contribution in [0.15, 0.2) is 18.2 Å². The highest BCUT2D eigenvalue weighted by molar-refractivity contribution is 5.69. The van der Waals surface area contributed by atoms with Gasteiger partial charge < -0.3 is 20.3 Å². The van der Waals surface area contributed by atoms with Gasteiger partial charge in [0.25, 0.3) is 0 Å². The fraction of sp³-hybridized carbons (Fsp3) is 0.462. The maximum atomic E-state index is 11.1. The van der Waals surface area contributed by atoms with Crippen LogP contribution in [0.2, 0.25) is 0 Å². The lowest BCUT2D eigenvalue weighted by atomic mass is 10.1. The van der Waals surface area contributed by atoms with Gasteiger partial charge in [-0.25, -0.2) is 0 Å². The third-order valence-electron chi connectivity index (χ3n) is 2.51. The smallest absolute Gasteiger partial charge is 0.307 e. The lowest BCUT2D eigenvalue weighted by Gasteiger charge is -2.14. The molecule has 1 aromatic carbocycles. The minimum absolute atomic E-state index is 0.0176. The highest BCUT2D eigenvalue weighted by atomic mass is 16.5. The number of carbonyl (C=O) groups is 1. The number of carbonyl (C=O) groups excluding carboxylic acids is 1. The molecule has 0 saturated heterocycles. The monoisotopic (exact) mass is 253 g/mol. The summed E-state index contributed by atoms with van der Waals surface area (Å²) in [6, 6.07) is 4.34. The van der Waals surface area contributed by atoms with Crippen molar-refractivity contribution in [3.63, 3.8) is 0 Å². The minimum Gasteiger partial charge on any atom is -0.508 e. The molecule has 3 N–H and O–H groups in total. The molecule has 1 rings (SSSR count). The van der Waals surface area contributed by atoms with Crippen LogP contribution in [0.3, 0.4) is 0 Å². The molecule has 1 atom stereocenters. The lowest BCUT2D eigenvalue weighted by Crippen LogP contribution is -2.22. The van der Waals surface area contributed by atoms with Gasteiger partial charge in [0.2, 0.25) is 0 Å². The average molecular weight is 253 g/mol.